The third-order valence-electron chi connectivity index (χ3n) is 3.64. The van der Waals surface area contributed by atoms with Crippen molar-refractivity contribution in [3.8, 4) is 11.6 Å². The molecule has 0 bridgehead atoms. The second-order valence-electron chi connectivity index (χ2n) is 5.62. The summed E-state index contributed by atoms with van der Waals surface area (Å²) in [4.78, 5) is 19.4. The molecule has 1 heterocycles. The number of nitrogens with one attached hydrogen (secondary N) is 1. The van der Waals surface area contributed by atoms with Crippen molar-refractivity contribution in [3.63, 3.8) is 0 Å². The lowest BCUT2D eigenvalue weighted by Crippen LogP contribution is -2.15. The number of benzene rings is 2. The molecular weight excluding hydrogens is 406 g/mol. The number of hydrogen-bond acceptors (Lipinski definition) is 6. The Morgan fingerprint density at radius 2 is 1.79 bits per heavy atom. The minimum absolute atomic E-state index is 0.0676. The Labute approximate surface area is 165 Å². The molecule has 0 atom stereocenters. The SMILES string of the molecule is Cc1nccnc1Oc1ccc(S(=O)(=O)Nc2ccc(Cl)cc2C(=O)O)cc1. The lowest BCUT2D eigenvalue weighted by atomic mass is 10.2. The van der Waals surface area contributed by atoms with E-state index < -0.39 is 16.0 Å². The zero-order chi connectivity index (χ0) is 20.3. The van der Waals surface area contributed by atoms with Crippen molar-refractivity contribution in [2.45, 2.75) is 11.8 Å². The summed E-state index contributed by atoms with van der Waals surface area (Å²) in [6, 6.07) is 9.44. The minimum Gasteiger partial charge on any atom is -0.478 e. The molecule has 1 aromatic heterocycles. The predicted octanol–water partition coefficient (Wildman–Crippen LogP) is 3.73. The van der Waals surface area contributed by atoms with Gasteiger partial charge in [0, 0.05) is 17.4 Å². The number of anilines is 1. The normalized spacial score (nSPS) is 11.1. The van der Waals surface area contributed by atoms with Crippen molar-refractivity contribution in [2.75, 3.05) is 4.72 Å². The number of halogens is 1. The lowest BCUT2D eigenvalue weighted by Gasteiger charge is -2.12. The van der Waals surface area contributed by atoms with Gasteiger partial charge in [-0.15, -0.1) is 0 Å². The number of aryl methyl sites for hydroxylation is 1. The van der Waals surface area contributed by atoms with Gasteiger partial charge in [-0.25, -0.2) is 18.2 Å². The van der Waals surface area contributed by atoms with E-state index in [1.54, 1.807) is 6.92 Å². The number of sulfonamides is 1. The number of aromatic carboxylic acids is 1. The first-order valence-corrected chi connectivity index (χ1v) is 9.73. The number of hydrogen-bond donors (Lipinski definition) is 2. The molecule has 144 valence electrons. The first kappa shape index (κ1) is 19.6. The third-order valence-corrected chi connectivity index (χ3v) is 5.26. The summed E-state index contributed by atoms with van der Waals surface area (Å²) < 4.78 is 33.0. The van der Waals surface area contributed by atoms with Crippen LogP contribution in [-0.4, -0.2) is 29.5 Å². The van der Waals surface area contributed by atoms with Gasteiger partial charge in [-0.2, -0.15) is 0 Å². The Bertz CT molecular complexity index is 1130. The van der Waals surface area contributed by atoms with E-state index in [0.717, 1.165) is 0 Å². The van der Waals surface area contributed by atoms with Gasteiger partial charge in [-0.3, -0.25) is 9.71 Å². The molecule has 0 aliphatic carbocycles. The third kappa shape index (κ3) is 4.38. The van der Waals surface area contributed by atoms with E-state index >= 15 is 0 Å². The van der Waals surface area contributed by atoms with E-state index in [4.69, 9.17) is 16.3 Å². The van der Waals surface area contributed by atoms with E-state index in [1.165, 1.54) is 54.9 Å². The summed E-state index contributed by atoms with van der Waals surface area (Å²) in [5.41, 5.74) is 0.242. The largest absolute Gasteiger partial charge is 0.478 e. The molecule has 28 heavy (non-hydrogen) atoms. The quantitative estimate of drug-likeness (QED) is 0.624. The smallest absolute Gasteiger partial charge is 0.337 e. The molecule has 8 nitrogen and oxygen atoms in total. The molecule has 0 aliphatic rings. The fourth-order valence-corrected chi connectivity index (χ4v) is 3.53. The molecule has 3 aromatic rings. The standard InChI is InChI=1S/C18H14ClN3O5S/c1-11-17(21-9-8-20-11)27-13-3-5-14(6-4-13)28(25,26)22-16-7-2-12(19)10-15(16)18(23)24/h2-10,22H,1H3,(H,23,24). The van der Waals surface area contributed by atoms with Crippen LogP contribution in [-0.2, 0) is 10.0 Å². The highest BCUT2D eigenvalue weighted by Gasteiger charge is 2.19. The summed E-state index contributed by atoms with van der Waals surface area (Å²) in [5.74, 6) is -0.618. The summed E-state index contributed by atoms with van der Waals surface area (Å²) in [6.45, 7) is 1.73. The van der Waals surface area contributed by atoms with E-state index in [9.17, 15) is 18.3 Å². The summed E-state index contributed by atoms with van der Waals surface area (Å²) in [6.07, 6.45) is 3.02. The summed E-state index contributed by atoms with van der Waals surface area (Å²) >= 11 is 5.78. The number of aromatic nitrogens is 2. The average molecular weight is 420 g/mol. The van der Waals surface area contributed by atoms with E-state index in [2.05, 4.69) is 14.7 Å². The first-order valence-electron chi connectivity index (χ1n) is 7.87. The fraction of sp³-hybridized carbons (Fsp3) is 0.0556. The number of carbonyl (C=O) groups is 1. The molecule has 2 aromatic carbocycles. The molecular formula is C18H14ClN3O5S. The fourth-order valence-electron chi connectivity index (χ4n) is 2.28. The topological polar surface area (TPSA) is 118 Å². The van der Waals surface area contributed by atoms with Crippen molar-refractivity contribution in [1.82, 2.24) is 9.97 Å². The van der Waals surface area contributed by atoms with Crippen LogP contribution in [0.2, 0.25) is 5.02 Å². The van der Waals surface area contributed by atoms with E-state index in [-0.39, 0.29) is 21.2 Å². The number of carboxylic acids is 1. The molecule has 0 saturated heterocycles. The Kier molecular flexibility index (Phi) is 5.48. The van der Waals surface area contributed by atoms with E-state index in [0.29, 0.717) is 17.3 Å². The van der Waals surface area contributed by atoms with Crippen molar-refractivity contribution in [3.05, 3.63) is 71.1 Å². The molecule has 0 saturated carbocycles. The van der Waals surface area contributed by atoms with Crippen LogP contribution in [0.3, 0.4) is 0 Å². The van der Waals surface area contributed by atoms with Gasteiger partial charge >= 0.3 is 5.97 Å². The predicted molar refractivity (Wildman–Crippen MR) is 103 cm³/mol. The number of nitrogens with zero attached hydrogens (tertiary/aromatic N) is 2. The molecule has 0 spiro atoms. The van der Waals surface area contributed by atoms with Gasteiger partial charge < -0.3 is 9.84 Å². The second-order valence-corrected chi connectivity index (χ2v) is 7.74. The maximum atomic E-state index is 12.6. The highest BCUT2D eigenvalue weighted by molar-refractivity contribution is 7.92. The maximum Gasteiger partial charge on any atom is 0.337 e. The van der Waals surface area contributed by atoms with Gasteiger partial charge in [-0.1, -0.05) is 11.6 Å². The molecule has 0 amide bonds. The van der Waals surface area contributed by atoms with Gasteiger partial charge in [0.05, 0.1) is 21.8 Å². The van der Waals surface area contributed by atoms with Gasteiger partial charge in [0.1, 0.15) is 5.75 Å². The Balaban J connectivity index is 1.83. The van der Waals surface area contributed by atoms with Crippen molar-refractivity contribution in [1.29, 1.82) is 0 Å². The van der Waals surface area contributed by atoms with E-state index in [1.807, 2.05) is 0 Å². The van der Waals surface area contributed by atoms with Crippen LogP contribution in [0.1, 0.15) is 16.1 Å². The van der Waals surface area contributed by atoms with Crippen LogP contribution in [0.4, 0.5) is 5.69 Å². The first-order chi connectivity index (χ1) is 13.3. The highest BCUT2D eigenvalue weighted by atomic mass is 35.5. The molecule has 0 radical (unpaired) electrons. The minimum atomic E-state index is -4.02. The average Bonchev–Trinajstić information content (AvgIpc) is 2.65. The zero-order valence-electron chi connectivity index (χ0n) is 14.5. The summed E-state index contributed by atoms with van der Waals surface area (Å²) in [5, 5.41) is 9.42. The van der Waals surface area contributed by atoms with Gasteiger partial charge in [0.2, 0.25) is 5.88 Å². The van der Waals surface area contributed by atoms with Gasteiger partial charge in [-0.05, 0) is 49.4 Å². The van der Waals surface area contributed by atoms with Crippen LogP contribution in [0.25, 0.3) is 0 Å². The number of carboxylic acid groups (broad SMARTS) is 1. The monoisotopic (exact) mass is 419 g/mol. The summed E-state index contributed by atoms with van der Waals surface area (Å²) in [7, 11) is -4.02. The highest BCUT2D eigenvalue weighted by Crippen LogP contribution is 2.26. The Morgan fingerprint density at radius 1 is 1.11 bits per heavy atom. The molecule has 3 rings (SSSR count). The number of rotatable bonds is 6. The van der Waals surface area contributed by atoms with Crippen molar-refractivity contribution >= 4 is 33.3 Å². The van der Waals surface area contributed by atoms with Crippen LogP contribution in [0, 0.1) is 6.92 Å². The lowest BCUT2D eigenvalue weighted by molar-refractivity contribution is 0.0698. The molecule has 0 aliphatic heterocycles. The molecule has 2 N–H and O–H groups in total. The van der Waals surface area contributed by atoms with Crippen LogP contribution >= 0.6 is 11.6 Å². The molecule has 0 fully saturated rings. The second kappa shape index (κ2) is 7.83. The van der Waals surface area contributed by atoms with Crippen LogP contribution < -0.4 is 9.46 Å². The molecule has 0 unspecified atom stereocenters. The maximum absolute atomic E-state index is 12.6. The van der Waals surface area contributed by atoms with Crippen LogP contribution in [0.5, 0.6) is 11.6 Å². The Hall–Kier alpha value is -3.17. The van der Waals surface area contributed by atoms with Gasteiger partial charge in [0.15, 0.2) is 0 Å². The molecule has 10 heteroatoms. The number of ether oxygens (including phenoxy) is 1. The van der Waals surface area contributed by atoms with Crippen molar-refractivity contribution in [2.24, 2.45) is 0 Å². The zero-order valence-corrected chi connectivity index (χ0v) is 16.0. The van der Waals surface area contributed by atoms with Crippen LogP contribution in [0.15, 0.2) is 59.8 Å². The Morgan fingerprint density at radius 3 is 2.43 bits per heavy atom. The van der Waals surface area contributed by atoms with Crippen molar-refractivity contribution < 1.29 is 23.1 Å². The van der Waals surface area contributed by atoms with Gasteiger partial charge in [0.25, 0.3) is 10.0 Å².